The summed E-state index contributed by atoms with van der Waals surface area (Å²) in [6.07, 6.45) is 0. The second-order valence-corrected chi connectivity index (χ2v) is 14.7. The molecule has 4 aliphatic heterocycles. The molecule has 0 unspecified atom stereocenters. The van der Waals surface area contributed by atoms with Gasteiger partial charge >= 0.3 is 0 Å². The Kier molecular flexibility index (Phi) is 8.68. The van der Waals surface area contributed by atoms with Crippen molar-refractivity contribution >= 4 is 80.3 Å². The number of halogens is 2. The minimum Gasteiger partial charge on any atom is -0.353 e. The molecule has 0 saturated carbocycles. The van der Waals surface area contributed by atoms with Gasteiger partial charge in [0, 0.05) is 63.4 Å². The molecule has 0 amide bonds. The maximum absolute atomic E-state index is 13.6. The third-order valence-electron chi connectivity index (χ3n) is 8.36. The van der Waals surface area contributed by atoms with Gasteiger partial charge in [0.1, 0.15) is 15.6 Å². The van der Waals surface area contributed by atoms with Crippen molar-refractivity contribution in [2.75, 3.05) is 77.1 Å². The highest BCUT2D eigenvalue weighted by Gasteiger charge is 2.28. The molecule has 14 heteroatoms. The molecule has 240 valence electrons. The molecule has 2 N–H and O–H groups in total. The summed E-state index contributed by atoms with van der Waals surface area (Å²) in [4.78, 5) is 30.4. The fourth-order valence-corrected chi connectivity index (χ4v) is 7.73. The Hall–Kier alpha value is -3.62. The molecule has 10 nitrogen and oxygen atoms in total. The van der Waals surface area contributed by atoms with Crippen LogP contribution in [0.15, 0.2) is 46.4 Å². The summed E-state index contributed by atoms with van der Waals surface area (Å²) >= 11 is 9.48. The number of aromatic nitrogens is 2. The zero-order valence-corrected chi connectivity index (χ0v) is 28.7. The van der Waals surface area contributed by atoms with Crippen LogP contribution in [0.1, 0.15) is 19.8 Å². The summed E-state index contributed by atoms with van der Waals surface area (Å²) in [5.41, 5.74) is 3.24. The number of nitrogens with one attached hydrogen (secondary N) is 2. The number of aryl methyl sites for hydroxylation is 2. The van der Waals surface area contributed by atoms with Crippen molar-refractivity contribution in [2.45, 2.75) is 13.8 Å². The lowest BCUT2D eigenvalue weighted by Crippen LogP contribution is -2.47. The average molecular weight is 679 g/mol. The zero-order valence-electron chi connectivity index (χ0n) is 26.3. The first-order chi connectivity index (χ1) is 22.2. The number of anilines is 4. The average Bonchev–Trinajstić information content (AvgIpc) is 3.49. The molecule has 2 fully saturated rings. The number of likely N-dealkylation sites (N-methyl/N-ethyl adjacent to an activating group) is 2. The zero-order chi connectivity index (χ0) is 31.9. The van der Waals surface area contributed by atoms with Gasteiger partial charge in [0.2, 0.25) is 0 Å². The number of hydrogen-bond donors (Lipinski definition) is 2. The Morgan fingerprint density at radius 3 is 1.63 bits per heavy atom. The lowest BCUT2D eigenvalue weighted by atomic mass is 10.2. The molecule has 4 aromatic rings. The summed E-state index contributed by atoms with van der Waals surface area (Å²) in [5.74, 6) is 3.34. The van der Waals surface area contributed by atoms with E-state index in [4.69, 9.17) is 21.6 Å². The fourth-order valence-electron chi connectivity index (χ4n) is 5.78. The van der Waals surface area contributed by atoms with E-state index >= 15 is 0 Å². The van der Waals surface area contributed by atoms with Crippen LogP contribution >= 0.6 is 34.3 Å². The summed E-state index contributed by atoms with van der Waals surface area (Å²) in [5, 5.41) is 9.46. The van der Waals surface area contributed by atoms with Gasteiger partial charge in [-0.3, -0.25) is 0 Å². The van der Waals surface area contributed by atoms with E-state index in [1.165, 1.54) is 12.1 Å². The van der Waals surface area contributed by atoms with Crippen molar-refractivity contribution in [2.24, 2.45) is 9.98 Å². The SMILES string of the molecule is Cc1nc2c(s1)C(N1CCN(C)CC1)=Nc1cc(Cl)ccc1N2.Cc1nc2c(s1)C(N1CCN(C)CC1)=Nc1cc(F)ccc1N2. The largest absolute Gasteiger partial charge is 0.353 e. The van der Waals surface area contributed by atoms with Crippen molar-refractivity contribution in [3.63, 3.8) is 0 Å². The van der Waals surface area contributed by atoms with Crippen LogP contribution in [0.5, 0.6) is 0 Å². The molecule has 2 saturated heterocycles. The Bertz CT molecular complexity index is 1690. The van der Waals surface area contributed by atoms with Gasteiger partial charge in [-0.1, -0.05) is 11.6 Å². The van der Waals surface area contributed by atoms with Crippen LogP contribution in [0.2, 0.25) is 5.02 Å². The van der Waals surface area contributed by atoms with Gasteiger partial charge in [0.05, 0.1) is 32.8 Å². The molecular weight excluding hydrogens is 643 g/mol. The number of piperazine rings is 2. The summed E-state index contributed by atoms with van der Waals surface area (Å²) < 4.78 is 13.6. The second-order valence-electron chi connectivity index (χ2n) is 11.8. The van der Waals surface area contributed by atoms with Crippen molar-refractivity contribution in [3.05, 3.63) is 67.0 Å². The third-order valence-corrected chi connectivity index (χ3v) is 10.5. The molecular formula is C32H36ClFN10S2. The number of hydrogen-bond acceptors (Lipinski definition) is 12. The van der Waals surface area contributed by atoms with E-state index in [1.54, 1.807) is 28.7 Å². The van der Waals surface area contributed by atoms with Gasteiger partial charge in [0.15, 0.2) is 23.3 Å². The molecule has 46 heavy (non-hydrogen) atoms. The summed E-state index contributed by atoms with van der Waals surface area (Å²) in [6, 6.07) is 10.4. The molecule has 8 rings (SSSR count). The quantitative estimate of drug-likeness (QED) is 0.219. The van der Waals surface area contributed by atoms with E-state index in [1.807, 2.05) is 32.0 Å². The van der Waals surface area contributed by atoms with E-state index in [9.17, 15) is 4.39 Å². The Balaban J connectivity index is 0.000000147. The number of nitrogens with zero attached hydrogens (tertiary/aromatic N) is 8. The maximum atomic E-state index is 13.6. The topological polar surface area (TPSA) is 87.5 Å². The maximum Gasteiger partial charge on any atom is 0.152 e. The second kappa shape index (κ2) is 12.9. The molecule has 2 aromatic heterocycles. The predicted molar refractivity (Wildman–Crippen MR) is 189 cm³/mol. The summed E-state index contributed by atoms with van der Waals surface area (Å²) in [6.45, 7) is 11.9. The van der Waals surface area contributed by atoms with Gasteiger partial charge < -0.3 is 30.2 Å². The number of aliphatic imine (C=N–C) groups is 2. The molecule has 0 spiro atoms. The fraction of sp³-hybridized carbons (Fsp3) is 0.375. The first-order valence-electron chi connectivity index (χ1n) is 15.3. The summed E-state index contributed by atoms with van der Waals surface area (Å²) in [7, 11) is 4.28. The third kappa shape index (κ3) is 6.47. The Labute approximate surface area is 281 Å². The highest BCUT2D eigenvalue weighted by Crippen LogP contribution is 2.39. The van der Waals surface area contributed by atoms with Gasteiger partial charge in [-0.25, -0.2) is 24.3 Å². The highest BCUT2D eigenvalue weighted by atomic mass is 35.5. The predicted octanol–water partition coefficient (Wildman–Crippen LogP) is 6.46. The number of benzene rings is 2. The van der Waals surface area contributed by atoms with Crippen molar-refractivity contribution in [3.8, 4) is 0 Å². The minimum atomic E-state index is -0.276. The van der Waals surface area contributed by atoms with Crippen LogP contribution in [0, 0.1) is 19.7 Å². The number of rotatable bonds is 0. The van der Waals surface area contributed by atoms with E-state index in [2.05, 4.69) is 54.3 Å². The normalized spacial score (nSPS) is 17.9. The minimum absolute atomic E-state index is 0.276. The van der Waals surface area contributed by atoms with Crippen molar-refractivity contribution in [1.82, 2.24) is 29.6 Å². The first kappa shape index (κ1) is 31.0. The Morgan fingerprint density at radius 2 is 1.13 bits per heavy atom. The standard InChI is InChI=1S/C16H18ClN5S.C16H18FN5S/c2*1-10-18-15-14(23-10)16(22-7-5-21(2)6-8-22)20-13-9-11(17)3-4-12(13)19-15/h2*3-4,9,19H,5-8H2,1-2H3. The molecule has 0 radical (unpaired) electrons. The molecule has 4 aliphatic rings. The van der Waals surface area contributed by atoms with Crippen LogP contribution in [-0.2, 0) is 0 Å². The van der Waals surface area contributed by atoms with Crippen molar-refractivity contribution in [1.29, 1.82) is 0 Å². The van der Waals surface area contributed by atoms with Gasteiger partial charge in [0.25, 0.3) is 0 Å². The molecule has 0 bridgehead atoms. The van der Waals surface area contributed by atoms with Crippen LogP contribution in [-0.4, -0.2) is 108 Å². The van der Waals surface area contributed by atoms with Crippen LogP contribution in [0.3, 0.4) is 0 Å². The molecule has 0 aliphatic carbocycles. The van der Waals surface area contributed by atoms with Crippen molar-refractivity contribution < 1.29 is 4.39 Å². The smallest absolute Gasteiger partial charge is 0.152 e. The monoisotopic (exact) mass is 678 g/mol. The van der Waals surface area contributed by atoms with Crippen LogP contribution in [0.25, 0.3) is 0 Å². The molecule has 2 aromatic carbocycles. The van der Waals surface area contributed by atoms with E-state index in [-0.39, 0.29) is 5.82 Å². The Morgan fingerprint density at radius 1 is 0.674 bits per heavy atom. The van der Waals surface area contributed by atoms with Gasteiger partial charge in [-0.2, -0.15) is 0 Å². The first-order valence-corrected chi connectivity index (χ1v) is 17.3. The van der Waals surface area contributed by atoms with E-state index < -0.39 is 0 Å². The number of thiazole rings is 2. The molecule has 0 atom stereocenters. The lowest BCUT2D eigenvalue weighted by Gasteiger charge is -2.34. The van der Waals surface area contributed by atoms with E-state index in [0.29, 0.717) is 10.7 Å². The van der Waals surface area contributed by atoms with E-state index in [0.717, 1.165) is 112 Å². The van der Waals surface area contributed by atoms with Crippen LogP contribution in [0.4, 0.5) is 38.8 Å². The lowest BCUT2D eigenvalue weighted by molar-refractivity contribution is 0.216. The van der Waals surface area contributed by atoms with Crippen LogP contribution < -0.4 is 10.6 Å². The molecule has 6 heterocycles. The number of fused-ring (bicyclic) bond motifs is 4. The highest BCUT2D eigenvalue weighted by molar-refractivity contribution is 7.14. The van der Waals surface area contributed by atoms with Gasteiger partial charge in [-0.05, 0) is 58.3 Å². The number of amidine groups is 2. The van der Waals surface area contributed by atoms with Gasteiger partial charge in [-0.15, -0.1) is 22.7 Å².